The summed E-state index contributed by atoms with van der Waals surface area (Å²) in [5, 5.41) is 5.25. The van der Waals surface area contributed by atoms with Gasteiger partial charge in [-0.1, -0.05) is 6.07 Å². The van der Waals surface area contributed by atoms with Gasteiger partial charge in [0, 0.05) is 18.8 Å². The van der Waals surface area contributed by atoms with Crippen LogP contribution in [-0.4, -0.2) is 68.3 Å². The molecule has 0 bridgehead atoms. The third-order valence-electron chi connectivity index (χ3n) is 6.24. The van der Waals surface area contributed by atoms with Crippen LogP contribution in [-0.2, 0) is 25.2 Å². The van der Waals surface area contributed by atoms with E-state index in [4.69, 9.17) is 9.47 Å². The van der Waals surface area contributed by atoms with Gasteiger partial charge in [0.05, 0.1) is 4.90 Å². The summed E-state index contributed by atoms with van der Waals surface area (Å²) < 4.78 is 37.5. The lowest BCUT2D eigenvalue weighted by Gasteiger charge is -2.25. The third kappa shape index (κ3) is 4.61. The lowest BCUT2D eigenvalue weighted by atomic mass is 9.91. The van der Waals surface area contributed by atoms with Gasteiger partial charge in [-0.25, -0.2) is 13.2 Å². The van der Waals surface area contributed by atoms with Crippen molar-refractivity contribution in [3.63, 3.8) is 0 Å². The molecule has 0 aromatic heterocycles. The van der Waals surface area contributed by atoms with Gasteiger partial charge in [0.2, 0.25) is 15.9 Å². The highest BCUT2D eigenvalue weighted by atomic mass is 32.2. The van der Waals surface area contributed by atoms with Crippen molar-refractivity contribution >= 4 is 33.6 Å². The second-order valence-electron chi connectivity index (χ2n) is 8.99. The zero-order valence-electron chi connectivity index (χ0n) is 20.4. The number of ether oxygens (including phenoxy) is 2. The van der Waals surface area contributed by atoms with Gasteiger partial charge in [-0.05, 0) is 62.7 Å². The molecular weight excluding hydrogens is 488 g/mol. The van der Waals surface area contributed by atoms with Crippen LogP contribution >= 0.6 is 0 Å². The second kappa shape index (κ2) is 9.43. The summed E-state index contributed by atoms with van der Waals surface area (Å²) in [6.45, 7) is 5.38. The normalized spacial score (nSPS) is 19.6. The summed E-state index contributed by atoms with van der Waals surface area (Å²) in [5.41, 5.74) is -0.560. The van der Waals surface area contributed by atoms with Crippen molar-refractivity contribution in [2.75, 3.05) is 32.1 Å². The molecule has 0 spiro atoms. The highest BCUT2D eigenvalue weighted by molar-refractivity contribution is 7.89. The molecule has 1 atom stereocenters. The number of hydrogen-bond donors (Lipinski definition) is 2. The number of sulfonamides is 1. The number of rotatable bonds is 7. The Bertz CT molecular complexity index is 1310. The van der Waals surface area contributed by atoms with E-state index in [-0.39, 0.29) is 10.9 Å². The van der Waals surface area contributed by atoms with E-state index < -0.39 is 40.0 Å². The van der Waals surface area contributed by atoms with Crippen molar-refractivity contribution in [3.8, 4) is 11.5 Å². The molecule has 12 heteroatoms. The lowest BCUT2D eigenvalue weighted by molar-refractivity contribution is -0.133. The van der Waals surface area contributed by atoms with Crippen LogP contribution in [0.1, 0.15) is 26.3 Å². The first-order valence-electron chi connectivity index (χ1n) is 11.4. The number of nitrogens with zero attached hydrogens (tertiary/aromatic N) is 2. The number of hydrogen-bond acceptors (Lipinski definition) is 7. The third-order valence-corrected chi connectivity index (χ3v) is 8.29. The molecule has 1 fully saturated rings. The monoisotopic (exact) mass is 516 g/mol. The van der Waals surface area contributed by atoms with E-state index in [1.165, 1.54) is 35.6 Å². The van der Waals surface area contributed by atoms with E-state index in [1.54, 1.807) is 39.0 Å². The standard InChI is InChI=1S/C24H28N4O7S/c1-15(2)27(4)36(32,33)18-8-6-17(7-9-18)25-21(29)14-28-22(30)24(3,26-23(28)31)16-5-10-19-20(13-16)35-12-11-34-19/h5-10,13,15H,11-12,14H2,1-4H3,(H,25,29)(H,26,31)/t24-/m1/s1. The Hall–Kier alpha value is -3.64. The van der Waals surface area contributed by atoms with Gasteiger partial charge in [-0.3, -0.25) is 14.5 Å². The van der Waals surface area contributed by atoms with Gasteiger partial charge in [-0.15, -0.1) is 0 Å². The van der Waals surface area contributed by atoms with Gasteiger partial charge in [0.1, 0.15) is 25.3 Å². The first kappa shape index (κ1) is 25.5. The molecular formula is C24H28N4O7S. The highest BCUT2D eigenvalue weighted by Crippen LogP contribution is 2.36. The van der Waals surface area contributed by atoms with Crippen molar-refractivity contribution < 1.29 is 32.3 Å². The second-order valence-corrected chi connectivity index (χ2v) is 11.0. The predicted molar refractivity (Wildman–Crippen MR) is 130 cm³/mol. The van der Waals surface area contributed by atoms with Crippen LogP contribution in [0, 0.1) is 0 Å². The summed E-state index contributed by atoms with van der Waals surface area (Å²) >= 11 is 0. The van der Waals surface area contributed by atoms with E-state index in [0.29, 0.717) is 36.0 Å². The average Bonchev–Trinajstić information content (AvgIpc) is 3.07. The molecule has 4 rings (SSSR count). The first-order valence-corrected chi connectivity index (χ1v) is 12.8. The fourth-order valence-electron chi connectivity index (χ4n) is 3.89. The SMILES string of the molecule is CC(C)N(C)S(=O)(=O)c1ccc(NC(=O)CN2C(=O)N[C@](C)(c3ccc4c(c3)OCCO4)C2=O)cc1. The molecule has 2 heterocycles. The van der Waals surface area contributed by atoms with Crippen LogP contribution in [0.15, 0.2) is 47.4 Å². The topological polar surface area (TPSA) is 134 Å². The zero-order valence-corrected chi connectivity index (χ0v) is 21.2. The quantitative estimate of drug-likeness (QED) is 0.537. The Labute approximate surface area is 209 Å². The van der Waals surface area contributed by atoms with Crippen molar-refractivity contribution in [2.45, 2.75) is 37.2 Å². The number of benzene rings is 2. The molecule has 11 nitrogen and oxygen atoms in total. The van der Waals surface area contributed by atoms with E-state index in [1.807, 2.05) is 0 Å². The molecule has 36 heavy (non-hydrogen) atoms. The predicted octanol–water partition coefficient (Wildman–Crippen LogP) is 1.89. The van der Waals surface area contributed by atoms with Gasteiger partial charge in [-0.2, -0.15) is 4.31 Å². The maximum atomic E-state index is 13.2. The number of amides is 4. The van der Waals surface area contributed by atoms with Crippen LogP contribution in [0.3, 0.4) is 0 Å². The summed E-state index contributed by atoms with van der Waals surface area (Å²) in [5.74, 6) is -0.170. The molecule has 0 unspecified atom stereocenters. The molecule has 0 aliphatic carbocycles. The highest BCUT2D eigenvalue weighted by Gasteiger charge is 2.49. The smallest absolute Gasteiger partial charge is 0.325 e. The zero-order chi connectivity index (χ0) is 26.3. The number of imide groups is 1. The van der Waals surface area contributed by atoms with E-state index >= 15 is 0 Å². The molecule has 192 valence electrons. The maximum absolute atomic E-state index is 13.2. The fourth-order valence-corrected chi connectivity index (χ4v) is 5.26. The summed E-state index contributed by atoms with van der Waals surface area (Å²) in [6, 6.07) is 9.73. The van der Waals surface area contributed by atoms with Crippen LogP contribution in [0.4, 0.5) is 10.5 Å². The number of carbonyl (C=O) groups is 3. The number of anilines is 1. The Kier molecular flexibility index (Phi) is 6.67. The first-order chi connectivity index (χ1) is 16.9. The largest absolute Gasteiger partial charge is 0.486 e. The summed E-state index contributed by atoms with van der Waals surface area (Å²) in [7, 11) is -2.17. The molecule has 2 aromatic rings. The molecule has 2 N–H and O–H groups in total. The molecule has 4 amide bonds. The van der Waals surface area contributed by atoms with Gasteiger partial charge in [0.15, 0.2) is 11.5 Å². The number of urea groups is 1. The Balaban J connectivity index is 1.44. The van der Waals surface area contributed by atoms with Crippen molar-refractivity contribution in [2.24, 2.45) is 0 Å². The van der Waals surface area contributed by atoms with E-state index in [9.17, 15) is 22.8 Å². The van der Waals surface area contributed by atoms with Gasteiger partial charge in [0.25, 0.3) is 5.91 Å². The van der Waals surface area contributed by atoms with Crippen molar-refractivity contribution in [1.29, 1.82) is 0 Å². The maximum Gasteiger partial charge on any atom is 0.325 e. The molecule has 0 saturated carbocycles. The van der Waals surface area contributed by atoms with Crippen LogP contribution < -0.4 is 20.1 Å². The van der Waals surface area contributed by atoms with Crippen LogP contribution in [0.25, 0.3) is 0 Å². The van der Waals surface area contributed by atoms with Crippen LogP contribution in [0.5, 0.6) is 11.5 Å². The van der Waals surface area contributed by atoms with Crippen molar-refractivity contribution in [3.05, 3.63) is 48.0 Å². The molecule has 0 radical (unpaired) electrons. The number of fused-ring (bicyclic) bond motifs is 1. The average molecular weight is 517 g/mol. The number of nitrogens with one attached hydrogen (secondary N) is 2. The Morgan fingerprint density at radius 2 is 1.75 bits per heavy atom. The van der Waals surface area contributed by atoms with Crippen LogP contribution in [0.2, 0.25) is 0 Å². The Morgan fingerprint density at radius 3 is 2.39 bits per heavy atom. The lowest BCUT2D eigenvalue weighted by Crippen LogP contribution is -2.42. The minimum atomic E-state index is -3.66. The van der Waals surface area contributed by atoms with Crippen molar-refractivity contribution in [1.82, 2.24) is 14.5 Å². The Morgan fingerprint density at radius 1 is 1.11 bits per heavy atom. The fraction of sp³-hybridized carbons (Fsp3) is 0.375. The van der Waals surface area contributed by atoms with Gasteiger partial charge >= 0.3 is 6.03 Å². The van der Waals surface area contributed by atoms with E-state index in [2.05, 4.69) is 10.6 Å². The summed E-state index contributed by atoms with van der Waals surface area (Å²) in [4.78, 5) is 39.3. The molecule has 1 saturated heterocycles. The molecule has 2 aliphatic rings. The molecule has 2 aliphatic heterocycles. The molecule has 2 aromatic carbocycles. The minimum absolute atomic E-state index is 0.0843. The van der Waals surface area contributed by atoms with Gasteiger partial charge < -0.3 is 20.1 Å². The minimum Gasteiger partial charge on any atom is -0.486 e. The summed E-state index contributed by atoms with van der Waals surface area (Å²) in [6.07, 6.45) is 0. The van der Waals surface area contributed by atoms with E-state index in [0.717, 1.165) is 4.90 Å². The number of carbonyl (C=O) groups excluding carboxylic acids is 3.